The highest BCUT2D eigenvalue weighted by Gasteiger charge is 2.75. The molecule has 0 saturated carbocycles. The van der Waals surface area contributed by atoms with Crippen molar-refractivity contribution in [2.75, 3.05) is 13.1 Å². The third-order valence-electron chi connectivity index (χ3n) is 3.82. The molecule has 2 aliphatic rings. The van der Waals surface area contributed by atoms with Gasteiger partial charge in [0, 0.05) is 18.7 Å². The third kappa shape index (κ3) is 2.70. The van der Waals surface area contributed by atoms with Gasteiger partial charge in [-0.1, -0.05) is 0 Å². The first-order valence-corrected chi connectivity index (χ1v) is 6.82. The maximum absolute atomic E-state index is 13.3. The highest BCUT2D eigenvalue weighted by Crippen LogP contribution is 2.52. The lowest BCUT2D eigenvalue weighted by atomic mass is 9.86. The molecule has 0 bridgehead atoms. The van der Waals surface area contributed by atoms with E-state index in [0.29, 0.717) is 6.42 Å². The van der Waals surface area contributed by atoms with E-state index in [1.165, 1.54) is 0 Å². The van der Waals surface area contributed by atoms with Gasteiger partial charge in [0.2, 0.25) is 5.91 Å². The minimum absolute atomic E-state index is 0.176. The third-order valence-corrected chi connectivity index (χ3v) is 3.82. The van der Waals surface area contributed by atoms with Crippen LogP contribution in [-0.2, 0) is 4.79 Å². The van der Waals surface area contributed by atoms with Crippen molar-refractivity contribution in [2.24, 2.45) is 4.99 Å². The van der Waals surface area contributed by atoms with Crippen LogP contribution >= 0.6 is 0 Å². The van der Waals surface area contributed by atoms with Crippen LogP contribution in [0.25, 0.3) is 0 Å². The Labute approximate surface area is 132 Å². The summed E-state index contributed by atoms with van der Waals surface area (Å²) in [5.74, 6) is -1.03. The first kappa shape index (κ1) is 18.1. The molecule has 0 atom stereocenters. The van der Waals surface area contributed by atoms with Crippen molar-refractivity contribution in [3.8, 4) is 6.07 Å². The Balaban J connectivity index is 2.56. The van der Waals surface area contributed by atoms with E-state index in [9.17, 15) is 31.1 Å². The second-order valence-corrected chi connectivity index (χ2v) is 5.42. The second kappa shape index (κ2) is 5.68. The van der Waals surface area contributed by atoms with E-state index in [2.05, 4.69) is 10.3 Å². The minimum Gasteiger partial charge on any atom is -0.345 e. The summed E-state index contributed by atoms with van der Waals surface area (Å²) in [5.41, 5.74) is -6.79. The van der Waals surface area contributed by atoms with Gasteiger partial charge in [-0.25, -0.2) is 4.99 Å². The van der Waals surface area contributed by atoms with Gasteiger partial charge in [-0.15, -0.1) is 0 Å². The summed E-state index contributed by atoms with van der Waals surface area (Å²) in [6.07, 6.45) is -11.1. The number of amides is 1. The quantitative estimate of drug-likeness (QED) is 0.774. The van der Waals surface area contributed by atoms with Gasteiger partial charge in [0.05, 0.1) is 18.2 Å². The van der Waals surface area contributed by atoms with E-state index in [0.717, 1.165) is 17.9 Å². The average molecular weight is 354 g/mol. The number of hydrogen-bond donors (Lipinski definition) is 1. The topological polar surface area (TPSA) is 68.5 Å². The molecule has 11 heteroatoms. The van der Waals surface area contributed by atoms with E-state index in [1.807, 2.05) is 0 Å². The second-order valence-electron chi connectivity index (χ2n) is 5.42. The summed E-state index contributed by atoms with van der Waals surface area (Å²) in [5, 5.41) is 11.1. The van der Waals surface area contributed by atoms with Crippen molar-refractivity contribution in [2.45, 2.75) is 37.7 Å². The molecule has 0 radical (unpaired) electrons. The molecule has 5 nitrogen and oxygen atoms in total. The van der Waals surface area contributed by atoms with Gasteiger partial charge in [-0.2, -0.15) is 31.6 Å². The van der Waals surface area contributed by atoms with Crippen LogP contribution in [0.1, 0.15) is 19.8 Å². The van der Waals surface area contributed by atoms with E-state index in [-0.39, 0.29) is 18.9 Å². The number of nitrogens with one attached hydrogen (secondary N) is 1. The van der Waals surface area contributed by atoms with Crippen molar-refractivity contribution in [1.29, 1.82) is 5.26 Å². The summed E-state index contributed by atoms with van der Waals surface area (Å²) >= 11 is 0. The number of nitrogens with zero attached hydrogens (tertiary/aromatic N) is 3. The Hall–Kier alpha value is -2.25. The predicted octanol–water partition coefficient (Wildman–Crippen LogP) is 2.27. The molecule has 1 amide bonds. The highest BCUT2D eigenvalue weighted by atomic mass is 19.4. The van der Waals surface area contributed by atoms with Crippen LogP contribution in [0, 0.1) is 11.3 Å². The van der Waals surface area contributed by atoms with Crippen LogP contribution in [0.3, 0.4) is 0 Å². The fourth-order valence-electron chi connectivity index (χ4n) is 2.70. The van der Waals surface area contributed by atoms with Crippen LogP contribution in [0.5, 0.6) is 0 Å². The van der Waals surface area contributed by atoms with Gasteiger partial charge in [0.25, 0.3) is 5.54 Å². The normalized spacial score (nSPS) is 21.5. The number of allylic oxidation sites excluding steroid dienone is 1. The molecule has 1 fully saturated rings. The molecule has 0 aromatic carbocycles. The van der Waals surface area contributed by atoms with Crippen LogP contribution in [0.15, 0.2) is 16.3 Å². The molecule has 24 heavy (non-hydrogen) atoms. The minimum atomic E-state index is -5.86. The molecule has 2 aliphatic heterocycles. The fourth-order valence-corrected chi connectivity index (χ4v) is 2.70. The Kier molecular flexibility index (Phi) is 4.28. The number of carbonyl (C=O) groups excluding carboxylic acids is 1. The molecule has 0 aromatic heterocycles. The van der Waals surface area contributed by atoms with Gasteiger partial charge in [0.1, 0.15) is 5.84 Å². The maximum Gasteiger partial charge on any atom is 0.427 e. The molecule has 0 unspecified atom stereocenters. The number of aliphatic imine (C=N–C) groups is 1. The Bertz CT molecular complexity index is 641. The molecule has 1 N–H and O–H groups in total. The largest absolute Gasteiger partial charge is 0.427 e. The van der Waals surface area contributed by atoms with E-state index in [4.69, 9.17) is 5.26 Å². The van der Waals surface area contributed by atoms with Crippen molar-refractivity contribution < 1.29 is 31.1 Å². The molecule has 0 aliphatic carbocycles. The number of amidine groups is 1. The SMILES string of the molecule is CC1=C(C#N)C(C(F)(F)F)(C(F)(F)F)N=C(CN2CCCC2=O)N1. The standard InChI is InChI=1S/C13H12F6N4O/c1-7-8(5-20)11(12(14,15)16,13(17,18)19)22-9(21-7)6-23-4-2-3-10(23)24/h2-4,6H2,1H3,(H,21,22). The first-order chi connectivity index (χ1) is 10.9. The number of hydrogen-bond acceptors (Lipinski definition) is 4. The number of likely N-dealkylation sites (tertiary alicyclic amines) is 1. The molecular weight excluding hydrogens is 342 g/mol. The monoisotopic (exact) mass is 354 g/mol. The van der Waals surface area contributed by atoms with Crippen LogP contribution in [-0.4, -0.2) is 47.6 Å². The Morgan fingerprint density at radius 1 is 1.29 bits per heavy atom. The molecule has 0 spiro atoms. The number of carbonyl (C=O) groups is 1. The summed E-state index contributed by atoms with van der Waals surface area (Å²) < 4.78 is 80.1. The molecule has 2 heterocycles. The van der Waals surface area contributed by atoms with E-state index < -0.39 is 41.5 Å². The summed E-state index contributed by atoms with van der Waals surface area (Å²) in [7, 11) is 0. The molecular formula is C13H12F6N4O. The lowest BCUT2D eigenvalue weighted by Gasteiger charge is -2.38. The van der Waals surface area contributed by atoms with Crippen molar-refractivity contribution in [3.05, 3.63) is 11.3 Å². The maximum atomic E-state index is 13.3. The lowest BCUT2D eigenvalue weighted by molar-refractivity contribution is -0.281. The van der Waals surface area contributed by atoms with Crippen LogP contribution < -0.4 is 5.32 Å². The molecule has 1 saturated heterocycles. The predicted molar refractivity (Wildman–Crippen MR) is 69.5 cm³/mol. The zero-order valence-electron chi connectivity index (χ0n) is 12.3. The van der Waals surface area contributed by atoms with Crippen LogP contribution in [0.2, 0.25) is 0 Å². The Morgan fingerprint density at radius 3 is 2.29 bits per heavy atom. The van der Waals surface area contributed by atoms with Gasteiger partial charge in [0.15, 0.2) is 0 Å². The highest BCUT2D eigenvalue weighted by molar-refractivity contribution is 5.92. The van der Waals surface area contributed by atoms with Crippen molar-refractivity contribution in [1.82, 2.24) is 10.2 Å². The molecule has 132 valence electrons. The zero-order valence-corrected chi connectivity index (χ0v) is 12.3. The van der Waals surface area contributed by atoms with Crippen molar-refractivity contribution in [3.63, 3.8) is 0 Å². The summed E-state index contributed by atoms with van der Waals surface area (Å²) in [4.78, 5) is 15.5. The number of alkyl halides is 6. The average Bonchev–Trinajstić information content (AvgIpc) is 2.81. The lowest BCUT2D eigenvalue weighted by Crippen LogP contribution is -2.60. The summed E-state index contributed by atoms with van der Waals surface area (Å²) in [6.45, 7) is 0.645. The van der Waals surface area contributed by atoms with Gasteiger partial charge in [-0.3, -0.25) is 4.79 Å². The van der Waals surface area contributed by atoms with Crippen LogP contribution in [0.4, 0.5) is 26.3 Å². The van der Waals surface area contributed by atoms with Gasteiger partial charge >= 0.3 is 12.4 Å². The zero-order chi connectivity index (χ0) is 18.3. The Morgan fingerprint density at radius 2 is 1.88 bits per heavy atom. The number of nitriles is 1. The van der Waals surface area contributed by atoms with Crippen molar-refractivity contribution >= 4 is 11.7 Å². The first-order valence-electron chi connectivity index (χ1n) is 6.82. The van der Waals surface area contributed by atoms with Gasteiger partial charge < -0.3 is 10.2 Å². The smallest absolute Gasteiger partial charge is 0.345 e. The summed E-state index contributed by atoms with van der Waals surface area (Å²) in [6, 6.07) is 0.970. The fraction of sp³-hybridized carbons (Fsp3) is 0.615. The van der Waals surface area contributed by atoms with E-state index >= 15 is 0 Å². The molecule has 0 aromatic rings. The van der Waals surface area contributed by atoms with Gasteiger partial charge in [-0.05, 0) is 13.3 Å². The number of rotatable bonds is 2. The van der Waals surface area contributed by atoms with E-state index in [1.54, 1.807) is 0 Å². The number of halogens is 6. The molecule has 2 rings (SSSR count).